The van der Waals surface area contributed by atoms with Gasteiger partial charge in [-0.3, -0.25) is 4.79 Å². The van der Waals surface area contributed by atoms with E-state index in [1.165, 1.54) is 5.56 Å². The summed E-state index contributed by atoms with van der Waals surface area (Å²) in [6, 6.07) is 10.3. The lowest BCUT2D eigenvalue weighted by molar-refractivity contribution is -0.117. The minimum absolute atomic E-state index is 0.0333. The van der Waals surface area contributed by atoms with E-state index < -0.39 is 10.0 Å². The second-order valence-corrected chi connectivity index (χ2v) is 7.93. The van der Waals surface area contributed by atoms with Crippen LogP contribution in [0.2, 0.25) is 0 Å². The summed E-state index contributed by atoms with van der Waals surface area (Å²) in [5.41, 5.74) is 1.76. The van der Waals surface area contributed by atoms with Crippen LogP contribution in [-0.2, 0) is 14.8 Å². The second-order valence-electron chi connectivity index (χ2n) is 6.18. The molecule has 0 spiro atoms. The molecule has 0 unspecified atom stereocenters. The standard InChI is InChI=1S/C17H17N3O3S/c21-17(18-15-10-14(15)12-4-2-1-3-5-12)13-6-7-16-19-24(22,23)9-8-20(16)11-13/h1-7,11,14-15H,8-10H2,(H,18,21)/t14-,15-/m0/s1. The van der Waals surface area contributed by atoms with Gasteiger partial charge < -0.3 is 10.2 Å². The molecule has 1 aromatic rings. The van der Waals surface area contributed by atoms with E-state index in [1.54, 1.807) is 23.3 Å². The number of sulfonamides is 1. The molecular formula is C17H17N3O3S. The average Bonchev–Trinajstić information content (AvgIpc) is 3.33. The molecule has 6 nitrogen and oxygen atoms in total. The molecule has 2 atom stereocenters. The van der Waals surface area contributed by atoms with Crippen molar-refractivity contribution in [3.05, 3.63) is 59.8 Å². The van der Waals surface area contributed by atoms with E-state index >= 15 is 0 Å². The minimum atomic E-state index is -3.37. The highest BCUT2D eigenvalue weighted by Crippen LogP contribution is 2.40. The van der Waals surface area contributed by atoms with E-state index in [-0.39, 0.29) is 17.7 Å². The third-order valence-corrected chi connectivity index (χ3v) is 5.58. The first-order valence-corrected chi connectivity index (χ1v) is 9.48. The number of benzene rings is 1. The number of carbonyl (C=O) groups excluding carboxylic acids is 1. The van der Waals surface area contributed by atoms with Crippen molar-refractivity contribution in [2.75, 3.05) is 12.3 Å². The first-order valence-electron chi connectivity index (χ1n) is 7.87. The summed E-state index contributed by atoms with van der Waals surface area (Å²) in [6.07, 6.45) is 5.81. The largest absolute Gasteiger partial charge is 0.349 e. The van der Waals surface area contributed by atoms with Crippen molar-refractivity contribution < 1.29 is 13.2 Å². The Bertz CT molecular complexity index is 872. The molecule has 1 amide bonds. The third kappa shape index (κ3) is 2.99. The molecule has 0 radical (unpaired) electrons. The van der Waals surface area contributed by atoms with Gasteiger partial charge in [0.15, 0.2) is 0 Å². The van der Waals surface area contributed by atoms with E-state index in [0.29, 0.717) is 23.9 Å². The van der Waals surface area contributed by atoms with Crippen LogP contribution < -0.4 is 5.32 Å². The Balaban J connectivity index is 1.42. The Hall–Kier alpha value is -2.41. The van der Waals surface area contributed by atoms with Crippen LogP contribution in [0.25, 0.3) is 0 Å². The van der Waals surface area contributed by atoms with Gasteiger partial charge in [0.25, 0.3) is 15.9 Å². The molecule has 3 aliphatic rings. The van der Waals surface area contributed by atoms with Crippen LogP contribution in [0.3, 0.4) is 0 Å². The quantitative estimate of drug-likeness (QED) is 0.893. The topological polar surface area (TPSA) is 78.8 Å². The Labute approximate surface area is 140 Å². The Kier molecular flexibility index (Phi) is 3.53. The number of hydrogen-bond donors (Lipinski definition) is 1. The van der Waals surface area contributed by atoms with Crippen molar-refractivity contribution in [3.8, 4) is 0 Å². The lowest BCUT2D eigenvalue weighted by atomic mass is 10.1. The number of hydrogen-bond acceptors (Lipinski definition) is 4. The van der Waals surface area contributed by atoms with Gasteiger partial charge in [0.05, 0.1) is 11.3 Å². The fourth-order valence-corrected chi connectivity index (χ4v) is 3.98. The summed E-state index contributed by atoms with van der Waals surface area (Å²) < 4.78 is 26.7. The van der Waals surface area contributed by atoms with E-state index in [0.717, 1.165) is 6.42 Å². The monoisotopic (exact) mass is 343 g/mol. The highest BCUT2D eigenvalue weighted by atomic mass is 32.2. The number of amides is 1. The van der Waals surface area contributed by atoms with Gasteiger partial charge in [0.2, 0.25) is 0 Å². The van der Waals surface area contributed by atoms with Crippen LogP contribution in [0.1, 0.15) is 17.9 Å². The number of rotatable bonds is 3. The number of fused-ring (bicyclic) bond motifs is 1. The normalized spacial score (nSPS) is 26.9. The van der Waals surface area contributed by atoms with Gasteiger partial charge in [0.1, 0.15) is 5.84 Å². The first kappa shape index (κ1) is 15.1. The van der Waals surface area contributed by atoms with Crippen LogP contribution in [0.5, 0.6) is 0 Å². The molecule has 2 aliphatic heterocycles. The fourth-order valence-electron chi connectivity index (χ4n) is 3.01. The zero-order chi connectivity index (χ0) is 16.7. The van der Waals surface area contributed by atoms with Crippen LogP contribution in [0.15, 0.2) is 58.7 Å². The number of carbonyl (C=O) groups is 1. The number of nitrogens with zero attached hydrogens (tertiary/aromatic N) is 2. The smallest absolute Gasteiger partial charge is 0.256 e. The molecule has 1 aliphatic carbocycles. The van der Waals surface area contributed by atoms with Gasteiger partial charge >= 0.3 is 0 Å². The molecule has 0 aromatic heterocycles. The predicted octanol–water partition coefficient (Wildman–Crippen LogP) is 1.16. The summed E-state index contributed by atoms with van der Waals surface area (Å²) in [6.45, 7) is 0.318. The molecule has 1 aromatic carbocycles. The summed E-state index contributed by atoms with van der Waals surface area (Å²) in [4.78, 5) is 14.1. The SMILES string of the molecule is O=C(N[C@H]1C[C@H]1c1ccccc1)C1=CN2CCS(=O)(=O)N=C2C=C1. The van der Waals surface area contributed by atoms with Crippen LogP contribution in [0, 0.1) is 0 Å². The Morgan fingerprint density at radius 3 is 2.79 bits per heavy atom. The molecule has 2 heterocycles. The summed E-state index contributed by atoms with van der Waals surface area (Å²) >= 11 is 0. The van der Waals surface area contributed by atoms with Crippen molar-refractivity contribution in [2.24, 2.45) is 4.40 Å². The molecule has 1 saturated carbocycles. The zero-order valence-electron chi connectivity index (χ0n) is 12.9. The maximum Gasteiger partial charge on any atom is 0.256 e. The molecule has 4 rings (SSSR count). The predicted molar refractivity (Wildman–Crippen MR) is 90.9 cm³/mol. The van der Waals surface area contributed by atoms with Gasteiger partial charge in [-0.1, -0.05) is 30.3 Å². The van der Waals surface area contributed by atoms with Crippen molar-refractivity contribution in [3.63, 3.8) is 0 Å². The molecular weight excluding hydrogens is 326 g/mol. The maximum absolute atomic E-state index is 12.4. The van der Waals surface area contributed by atoms with E-state index in [1.807, 2.05) is 18.2 Å². The van der Waals surface area contributed by atoms with Crippen LogP contribution in [0.4, 0.5) is 0 Å². The van der Waals surface area contributed by atoms with E-state index in [9.17, 15) is 13.2 Å². The molecule has 1 fully saturated rings. The van der Waals surface area contributed by atoms with Crippen molar-refractivity contribution in [1.29, 1.82) is 0 Å². The molecule has 124 valence electrons. The molecule has 7 heteroatoms. The van der Waals surface area contributed by atoms with Crippen LogP contribution in [-0.4, -0.2) is 43.4 Å². The highest BCUT2D eigenvalue weighted by molar-refractivity contribution is 7.90. The third-order valence-electron chi connectivity index (χ3n) is 4.42. The lowest BCUT2D eigenvalue weighted by Crippen LogP contribution is -2.38. The maximum atomic E-state index is 12.4. The molecule has 0 bridgehead atoms. The second kappa shape index (κ2) is 5.59. The average molecular weight is 343 g/mol. The number of amidine groups is 1. The first-order chi connectivity index (χ1) is 11.5. The van der Waals surface area contributed by atoms with Gasteiger partial charge in [-0.15, -0.1) is 4.40 Å². The molecule has 1 N–H and O–H groups in total. The molecule has 24 heavy (non-hydrogen) atoms. The van der Waals surface area contributed by atoms with Gasteiger partial charge in [-0.2, -0.15) is 0 Å². The zero-order valence-corrected chi connectivity index (χ0v) is 13.7. The summed E-state index contributed by atoms with van der Waals surface area (Å²) in [5.74, 6) is 0.572. The van der Waals surface area contributed by atoms with Crippen molar-refractivity contribution in [1.82, 2.24) is 10.2 Å². The van der Waals surface area contributed by atoms with Gasteiger partial charge in [-0.05, 0) is 24.1 Å². The van der Waals surface area contributed by atoms with Crippen molar-refractivity contribution in [2.45, 2.75) is 18.4 Å². The Morgan fingerprint density at radius 2 is 2.00 bits per heavy atom. The lowest BCUT2D eigenvalue weighted by Gasteiger charge is -2.27. The Morgan fingerprint density at radius 1 is 1.21 bits per heavy atom. The highest BCUT2D eigenvalue weighted by Gasteiger charge is 2.39. The van der Waals surface area contributed by atoms with E-state index in [4.69, 9.17) is 0 Å². The van der Waals surface area contributed by atoms with E-state index in [2.05, 4.69) is 21.8 Å². The minimum Gasteiger partial charge on any atom is -0.349 e. The van der Waals surface area contributed by atoms with Gasteiger partial charge in [0, 0.05) is 24.7 Å². The van der Waals surface area contributed by atoms with Crippen LogP contribution >= 0.6 is 0 Å². The molecule has 0 saturated heterocycles. The van der Waals surface area contributed by atoms with Crippen molar-refractivity contribution >= 4 is 21.8 Å². The summed E-state index contributed by atoms with van der Waals surface area (Å²) in [5, 5.41) is 3.04. The summed E-state index contributed by atoms with van der Waals surface area (Å²) in [7, 11) is -3.37. The number of nitrogens with one attached hydrogen (secondary N) is 1. The van der Waals surface area contributed by atoms with Gasteiger partial charge in [-0.25, -0.2) is 8.42 Å². The fraction of sp³-hybridized carbons (Fsp3) is 0.294.